The first kappa shape index (κ1) is 21.9. The van der Waals surface area contributed by atoms with Crippen molar-refractivity contribution < 1.29 is 19.1 Å². The molecule has 4 N–H and O–H groups in total. The molecule has 0 spiro atoms. The first-order valence-electron chi connectivity index (χ1n) is 7.03. The van der Waals surface area contributed by atoms with E-state index in [-0.39, 0.29) is 38.2 Å². The van der Waals surface area contributed by atoms with Crippen molar-refractivity contribution in [3.63, 3.8) is 0 Å². The Morgan fingerprint density at radius 1 is 0.818 bits per heavy atom. The topological polar surface area (TPSA) is 105 Å². The van der Waals surface area contributed by atoms with Gasteiger partial charge in [-0.2, -0.15) is 0 Å². The molecule has 2 atom stereocenters. The zero-order chi connectivity index (χ0) is 17.6. The van der Waals surface area contributed by atoms with Crippen LogP contribution in [0.15, 0.2) is 0 Å². The quantitative estimate of drug-likeness (QED) is 0.335. The Balaban J connectivity index is 3.97. The first-order chi connectivity index (χ1) is 9.82. The van der Waals surface area contributed by atoms with Gasteiger partial charge in [-0.05, 0) is 0 Å². The molecule has 0 unspecified atom stereocenters. The molecule has 8 heteroatoms. The molecule has 0 radical (unpaired) electrons. The van der Waals surface area contributed by atoms with E-state index in [1.165, 1.54) is 0 Å². The van der Waals surface area contributed by atoms with Crippen LogP contribution in [0.25, 0.3) is 0 Å². The molecule has 6 nitrogen and oxygen atoms in total. The Hall–Kier alpha value is -0.101. The van der Waals surface area contributed by atoms with Gasteiger partial charge in [0.1, 0.15) is 0 Å². The second-order valence-electron chi connectivity index (χ2n) is 6.85. The number of rotatable bonds is 7. The number of carbonyl (C=O) groups excluding carboxylic acids is 2. The summed E-state index contributed by atoms with van der Waals surface area (Å²) in [6.07, 6.45) is 0. The van der Waals surface area contributed by atoms with Gasteiger partial charge in [-0.1, -0.05) is 0 Å². The van der Waals surface area contributed by atoms with Crippen LogP contribution in [-0.4, -0.2) is 61.5 Å². The fourth-order valence-electron chi connectivity index (χ4n) is 1.13. The van der Waals surface area contributed by atoms with Crippen LogP contribution in [0.1, 0.15) is 41.5 Å². The number of nitrogens with two attached hydrogens (primary N) is 2. The van der Waals surface area contributed by atoms with Crippen LogP contribution in [0.5, 0.6) is 0 Å². The predicted octanol–water partition coefficient (Wildman–Crippen LogP) is 0.484. The van der Waals surface area contributed by atoms with Gasteiger partial charge >= 0.3 is 144 Å². The monoisotopic (exact) mass is 448 g/mol. The van der Waals surface area contributed by atoms with Crippen molar-refractivity contribution in [2.45, 2.75) is 75.5 Å². The third-order valence-electron chi connectivity index (χ3n) is 2.00. The van der Waals surface area contributed by atoms with Crippen LogP contribution in [0.2, 0.25) is 10.6 Å². The van der Waals surface area contributed by atoms with E-state index in [9.17, 15) is 9.59 Å². The number of hydrogen-bond donors (Lipinski definition) is 2. The second-order valence-corrected chi connectivity index (χ2v) is 14.4. The van der Waals surface area contributed by atoms with Gasteiger partial charge < -0.3 is 0 Å². The van der Waals surface area contributed by atoms with E-state index in [4.69, 9.17) is 20.9 Å². The van der Waals surface area contributed by atoms with Crippen molar-refractivity contribution >= 4 is 38.2 Å². The fraction of sp³-hybridized carbons (Fsp3) is 0.857. The van der Waals surface area contributed by atoms with E-state index in [0.717, 1.165) is 0 Å². The first-order valence-corrected chi connectivity index (χ1v) is 13.8. The molecule has 0 aromatic rings. The van der Waals surface area contributed by atoms with Crippen LogP contribution < -0.4 is 11.5 Å². The molecule has 0 aliphatic rings. The van der Waals surface area contributed by atoms with Gasteiger partial charge in [-0.3, -0.25) is 0 Å². The van der Waals surface area contributed by atoms with E-state index < -0.39 is 23.3 Å². The van der Waals surface area contributed by atoms with Gasteiger partial charge in [0.15, 0.2) is 0 Å². The zero-order valence-corrected chi connectivity index (χ0v) is 17.6. The van der Waals surface area contributed by atoms with Gasteiger partial charge in [-0.15, -0.1) is 0 Å². The van der Waals surface area contributed by atoms with E-state index >= 15 is 0 Å². The normalized spacial score (nSPS) is 15.1. The summed E-state index contributed by atoms with van der Waals surface area (Å²) in [5, 5.41) is 1.20. The third kappa shape index (κ3) is 11.5. The zero-order valence-electron chi connectivity index (χ0n) is 14.2. The summed E-state index contributed by atoms with van der Waals surface area (Å²) in [4.78, 5) is 23.4. The van der Waals surface area contributed by atoms with Gasteiger partial charge in [0.25, 0.3) is 0 Å². The van der Waals surface area contributed by atoms with E-state index in [0.29, 0.717) is 10.6 Å². The SMILES string of the molecule is CC(C)(C)OC(=O)[C@@H](N)C[Se][Se]C[C@H](N)C(=O)OC(C)(C)C. The summed E-state index contributed by atoms with van der Waals surface area (Å²) < 4.78 is 10.4. The maximum atomic E-state index is 11.7. The van der Waals surface area contributed by atoms with Gasteiger partial charge in [0.2, 0.25) is 0 Å². The Morgan fingerprint density at radius 2 is 1.09 bits per heavy atom. The van der Waals surface area contributed by atoms with Crippen molar-refractivity contribution in [2.75, 3.05) is 0 Å². The van der Waals surface area contributed by atoms with Crippen LogP contribution in [0, 0.1) is 0 Å². The molecular weight excluding hydrogens is 418 g/mol. The van der Waals surface area contributed by atoms with E-state index in [2.05, 4.69) is 0 Å². The van der Waals surface area contributed by atoms with E-state index in [1.54, 1.807) is 0 Å². The molecule has 0 heterocycles. The average Bonchev–Trinajstić information content (AvgIpc) is 2.29. The Labute approximate surface area is 144 Å². The van der Waals surface area contributed by atoms with Crippen LogP contribution >= 0.6 is 0 Å². The predicted molar refractivity (Wildman–Crippen MR) is 88.8 cm³/mol. The van der Waals surface area contributed by atoms with Crippen LogP contribution in [0.3, 0.4) is 0 Å². The molecule has 0 aliphatic heterocycles. The minimum atomic E-state index is -0.598. The van der Waals surface area contributed by atoms with Crippen molar-refractivity contribution in [1.29, 1.82) is 0 Å². The van der Waals surface area contributed by atoms with Crippen LogP contribution in [0.4, 0.5) is 0 Å². The number of ether oxygens (including phenoxy) is 2. The van der Waals surface area contributed by atoms with Crippen LogP contribution in [-0.2, 0) is 19.1 Å². The number of hydrogen-bond acceptors (Lipinski definition) is 6. The van der Waals surface area contributed by atoms with Crippen molar-refractivity contribution in [3.05, 3.63) is 0 Å². The molecule has 0 amide bonds. The Morgan fingerprint density at radius 3 is 1.32 bits per heavy atom. The Kier molecular flexibility index (Phi) is 9.21. The van der Waals surface area contributed by atoms with Crippen molar-refractivity contribution in [3.8, 4) is 0 Å². The van der Waals surface area contributed by atoms with Crippen molar-refractivity contribution in [2.24, 2.45) is 11.5 Å². The number of carbonyl (C=O) groups is 2. The molecule has 0 rings (SSSR count). The maximum absolute atomic E-state index is 11.7. The summed E-state index contributed by atoms with van der Waals surface area (Å²) in [7, 11) is 0. The van der Waals surface area contributed by atoms with Crippen molar-refractivity contribution in [1.82, 2.24) is 0 Å². The second kappa shape index (κ2) is 9.26. The standard InChI is InChI=1S/C14H28N2O4Se2/c1-13(2,3)19-11(17)9(15)7-21-22-8-10(16)12(18)20-14(4,5)6/h9-10H,7-8,15-16H2,1-6H3/t9-,10-/m0/s1. The van der Waals surface area contributed by atoms with Gasteiger partial charge in [0, 0.05) is 0 Å². The Bertz CT molecular complexity index is 342. The number of esters is 2. The molecule has 0 fully saturated rings. The summed E-state index contributed by atoms with van der Waals surface area (Å²) in [5.41, 5.74) is 10.6. The summed E-state index contributed by atoms with van der Waals surface area (Å²) >= 11 is 0.395. The molecule has 22 heavy (non-hydrogen) atoms. The molecule has 0 saturated carbocycles. The van der Waals surface area contributed by atoms with Gasteiger partial charge in [-0.25, -0.2) is 0 Å². The van der Waals surface area contributed by atoms with E-state index in [1.807, 2.05) is 41.5 Å². The minimum absolute atomic E-state index is 0.197. The fourth-order valence-corrected chi connectivity index (χ4v) is 8.02. The van der Waals surface area contributed by atoms with Gasteiger partial charge in [0.05, 0.1) is 0 Å². The molecular formula is C14H28N2O4Se2. The summed E-state index contributed by atoms with van der Waals surface area (Å²) in [5.74, 6) is -0.747. The summed E-state index contributed by atoms with van der Waals surface area (Å²) in [6, 6.07) is -1.20. The molecule has 0 aromatic carbocycles. The average molecular weight is 446 g/mol. The third-order valence-corrected chi connectivity index (χ3v) is 9.21. The molecule has 0 bridgehead atoms. The molecule has 0 aliphatic carbocycles. The summed E-state index contributed by atoms with van der Waals surface area (Å²) in [6.45, 7) is 10.9. The molecule has 0 saturated heterocycles. The molecule has 130 valence electrons. The molecule has 0 aromatic heterocycles.